The van der Waals surface area contributed by atoms with E-state index >= 15 is 0 Å². The Morgan fingerprint density at radius 3 is 2.48 bits per heavy atom. The first kappa shape index (κ1) is 24.8. The number of halogens is 2. The fourth-order valence-electron chi connectivity index (χ4n) is 3.73. The van der Waals surface area contributed by atoms with Crippen LogP contribution in [0.5, 0.6) is 5.75 Å². The maximum atomic E-state index is 13.1. The van der Waals surface area contributed by atoms with Gasteiger partial charge in [0.1, 0.15) is 11.6 Å². The van der Waals surface area contributed by atoms with Crippen molar-refractivity contribution in [1.29, 1.82) is 5.41 Å². The highest BCUT2D eigenvalue weighted by molar-refractivity contribution is 7.17. The fourth-order valence-corrected chi connectivity index (χ4v) is 3.86. The third kappa shape index (κ3) is 6.35. The number of nitrogens with zero attached hydrogens (tertiary/aromatic N) is 3. The molecule has 1 unspecified atom stereocenters. The Morgan fingerprint density at radius 2 is 1.88 bits per heavy atom. The Balaban J connectivity index is 2.00. The Bertz CT molecular complexity index is 1080. The summed E-state index contributed by atoms with van der Waals surface area (Å²) < 4.78 is 32.6. The van der Waals surface area contributed by atoms with E-state index in [0.29, 0.717) is 17.2 Å². The molecule has 0 aliphatic heterocycles. The van der Waals surface area contributed by atoms with Crippen LogP contribution in [-0.2, 0) is 6.54 Å². The van der Waals surface area contributed by atoms with Crippen molar-refractivity contribution < 1.29 is 13.5 Å². The first-order chi connectivity index (χ1) is 15.8. The summed E-state index contributed by atoms with van der Waals surface area (Å²) in [4.78, 5) is 4.52. The van der Waals surface area contributed by atoms with Crippen molar-refractivity contribution in [3.05, 3.63) is 54.5 Å². The molecule has 3 rings (SSSR count). The number of anilines is 2. The number of nitrogens with one attached hydrogen (secondary N) is 2. The quantitative estimate of drug-likeness (QED) is 0.240. The summed E-state index contributed by atoms with van der Waals surface area (Å²) in [6.07, 6.45) is 8.16. The number of hydrogen-bond acceptors (Lipinski definition) is 5. The zero-order valence-electron chi connectivity index (χ0n) is 19.1. The van der Waals surface area contributed by atoms with Crippen molar-refractivity contribution in [2.75, 3.05) is 5.32 Å². The van der Waals surface area contributed by atoms with Crippen molar-refractivity contribution in [3.63, 3.8) is 0 Å². The van der Waals surface area contributed by atoms with Crippen LogP contribution in [0.1, 0.15) is 45.6 Å². The highest BCUT2D eigenvalue weighted by Crippen LogP contribution is 2.34. The second-order valence-corrected chi connectivity index (χ2v) is 8.49. The van der Waals surface area contributed by atoms with E-state index in [1.165, 1.54) is 21.4 Å². The summed E-state index contributed by atoms with van der Waals surface area (Å²) in [5.74, 6) is -2.66. The molecule has 0 bridgehead atoms. The van der Waals surface area contributed by atoms with Crippen LogP contribution in [0.4, 0.5) is 20.3 Å². The molecule has 1 aromatic carbocycles. The van der Waals surface area contributed by atoms with Crippen LogP contribution in [0, 0.1) is 11.3 Å². The van der Waals surface area contributed by atoms with E-state index in [4.69, 9.17) is 5.41 Å². The van der Waals surface area contributed by atoms with Gasteiger partial charge in [0.2, 0.25) is 0 Å². The molecule has 0 saturated heterocycles. The molecule has 0 fully saturated rings. The maximum Gasteiger partial charge on any atom is 0.408 e. The number of alkyl halides is 2. The van der Waals surface area contributed by atoms with Gasteiger partial charge in [-0.3, -0.25) is 4.68 Å². The molecule has 1 atom stereocenters. The maximum absolute atomic E-state index is 13.1. The van der Waals surface area contributed by atoms with E-state index in [-0.39, 0.29) is 11.7 Å². The van der Waals surface area contributed by atoms with Crippen LogP contribution in [0.25, 0.3) is 11.1 Å². The largest absolute Gasteiger partial charge is 0.430 e. The van der Waals surface area contributed by atoms with Crippen molar-refractivity contribution >= 4 is 26.5 Å². The Hall–Kier alpha value is -2.86. The number of aryl methyl sites for hydroxylation is 1. The molecule has 0 aliphatic carbocycles. The van der Waals surface area contributed by atoms with Crippen LogP contribution in [0.2, 0.25) is 0 Å². The second kappa shape index (κ2) is 10.8. The smallest absolute Gasteiger partial charge is 0.408 e. The Labute approximate surface area is 195 Å². The molecule has 33 heavy (non-hydrogen) atoms. The van der Waals surface area contributed by atoms with Gasteiger partial charge < -0.3 is 15.5 Å². The van der Waals surface area contributed by atoms with E-state index in [1.807, 2.05) is 23.1 Å². The molecule has 0 saturated carbocycles. The molecule has 6 nitrogen and oxygen atoms in total. The van der Waals surface area contributed by atoms with Gasteiger partial charge in [0.15, 0.2) is 0 Å². The molecule has 9 heteroatoms. The van der Waals surface area contributed by atoms with E-state index < -0.39 is 5.85 Å². The lowest BCUT2D eigenvalue weighted by Crippen LogP contribution is -2.17. The third-order valence-electron chi connectivity index (χ3n) is 5.38. The van der Waals surface area contributed by atoms with E-state index in [2.05, 4.69) is 40.9 Å². The average molecular weight is 474 g/mol. The standard InChI is InChI=1S/C24H30F2N5OP/c1-4-13-31-15-17(14-29-31)20-11-12-28-23(21(20)22(27)16(5-2)6-3)30-18-7-9-19(10-8-18)32-24(25,26)33/h7-12,14-16,27H,4-6,13,33H2,1-3H3,(H,28,30). The lowest BCUT2D eigenvalue weighted by molar-refractivity contribution is -0.0892. The minimum atomic E-state index is -3.33. The molecule has 2 aromatic heterocycles. The first-order valence-electron chi connectivity index (χ1n) is 11.1. The zero-order chi connectivity index (χ0) is 24.0. The highest BCUT2D eigenvalue weighted by Gasteiger charge is 2.24. The third-order valence-corrected chi connectivity index (χ3v) is 5.50. The summed E-state index contributed by atoms with van der Waals surface area (Å²) in [6, 6.07) is 8.12. The molecule has 176 valence electrons. The first-order valence-corrected chi connectivity index (χ1v) is 11.7. The van der Waals surface area contributed by atoms with Gasteiger partial charge in [0.05, 0.1) is 6.20 Å². The van der Waals surface area contributed by atoms with Gasteiger partial charge in [0, 0.05) is 47.4 Å². The van der Waals surface area contributed by atoms with Gasteiger partial charge in [-0.25, -0.2) is 4.98 Å². The van der Waals surface area contributed by atoms with Crippen molar-refractivity contribution in [3.8, 4) is 16.9 Å². The summed E-state index contributed by atoms with van der Waals surface area (Å²) in [7, 11) is 1.35. The molecule has 0 amide bonds. The zero-order valence-corrected chi connectivity index (χ0v) is 20.3. The summed E-state index contributed by atoms with van der Waals surface area (Å²) in [5, 5.41) is 16.7. The summed E-state index contributed by atoms with van der Waals surface area (Å²) >= 11 is 0. The van der Waals surface area contributed by atoms with Gasteiger partial charge in [0.25, 0.3) is 0 Å². The lowest BCUT2D eigenvalue weighted by atomic mass is 9.88. The topological polar surface area (TPSA) is 75.8 Å². The molecule has 2 N–H and O–H groups in total. The molecule has 0 aliphatic rings. The molecule has 0 radical (unpaired) electrons. The minimum absolute atomic E-state index is 0.0515. The van der Waals surface area contributed by atoms with Gasteiger partial charge >= 0.3 is 5.85 Å². The van der Waals surface area contributed by atoms with Crippen LogP contribution in [0.15, 0.2) is 48.9 Å². The summed E-state index contributed by atoms with van der Waals surface area (Å²) in [5.41, 5.74) is 3.69. The SMILES string of the molecule is CCCn1cc(-c2ccnc(Nc3ccc(OC(F)(F)P)cc3)c2C(=N)C(CC)CC)cn1. The summed E-state index contributed by atoms with van der Waals surface area (Å²) in [6.45, 7) is 7.07. The van der Waals surface area contributed by atoms with E-state index in [1.54, 1.807) is 18.3 Å². The molecular formula is C24H30F2N5OP. The van der Waals surface area contributed by atoms with Crippen LogP contribution in [-0.4, -0.2) is 26.3 Å². The predicted molar refractivity (Wildman–Crippen MR) is 132 cm³/mol. The highest BCUT2D eigenvalue weighted by atomic mass is 31.0. The van der Waals surface area contributed by atoms with Crippen molar-refractivity contribution in [1.82, 2.24) is 14.8 Å². The normalized spacial score (nSPS) is 11.6. The Kier molecular flexibility index (Phi) is 8.14. The second-order valence-electron chi connectivity index (χ2n) is 7.81. The number of pyridine rings is 1. The van der Waals surface area contributed by atoms with Crippen LogP contribution in [0.3, 0.4) is 0 Å². The van der Waals surface area contributed by atoms with Crippen LogP contribution >= 0.6 is 9.24 Å². The number of ether oxygens (including phenoxy) is 1. The van der Waals surface area contributed by atoms with Crippen molar-refractivity contribution in [2.24, 2.45) is 5.92 Å². The molecule has 3 aromatic rings. The van der Waals surface area contributed by atoms with Gasteiger partial charge in [-0.15, -0.1) is 0 Å². The molecule has 2 heterocycles. The average Bonchev–Trinajstić information content (AvgIpc) is 3.23. The Morgan fingerprint density at radius 1 is 1.18 bits per heavy atom. The molecule has 0 spiro atoms. The number of aromatic nitrogens is 3. The van der Waals surface area contributed by atoms with Gasteiger partial charge in [-0.2, -0.15) is 13.9 Å². The molecular weight excluding hydrogens is 443 g/mol. The van der Waals surface area contributed by atoms with Gasteiger partial charge in [-0.05, 0) is 64.4 Å². The van der Waals surface area contributed by atoms with Crippen molar-refractivity contribution in [2.45, 2.75) is 52.4 Å². The predicted octanol–water partition coefficient (Wildman–Crippen LogP) is 6.71. The lowest BCUT2D eigenvalue weighted by Gasteiger charge is -2.20. The van der Waals surface area contributed by atoms with E-state index in [0.717, 1.165) is 42.5 Å². The van der Waals surface area contributed by atoms with Crippen LogP contribution < -0.4 is 10.1 Å². The van der Waals surface area contributed by atoms with E-state index in [9.17, 15) is 8.78 Å². The minimum Gasteiger partial charge on any atom is -0.430 e. The van der Waals surface area contributed by atoms with Gasteiger partial charge in [-0.1, -0.05) is 20.8 Å². The number of hydrogen-bond donors (Lipinski definition) is 2. The fraction of sp³-hybridized carbons (Fsp3) is 0.375. The number of rotatable bonds is 11. The monoisotopic (exact) mass is 473 g/mol. The number of benzene rings is 1.